The number of fused-ring (bicyclic) bond motifs is 2. The van der Waals surface area contributed by atoms with Crippen LogP contribution >= 0.6 is 0 Å². The Bertz CT molecular complexity index is 1100. The third-order valence-electron chi connectivity index (χ3n) is 4.75. The average Bonchev–Trinajstić information content (AvgIpc) is 3.36. The van der Waals surface area contributed by atoms with Crippen molar-refractivity contribution in [2.24, 2.45) is 0 Å². The molecule has 3 aromatic heterocycles. The van der Waals surface area contributed by atoms with Crippen molar-refractivity contribution in [3.05, 3.63) is 54.1 Å². The maximum atomic E-state index is 5.96. The van der Waals surface area contributed by atoms with Gasteiger partial charge in [-0.1, -0.05) is 18.2 Å². The number of nitrogens with one attached hydrogen (secondary N) is 3. The second-order valence-electron chi connectivity index (χ2n) is 6.88. The van der Waals surface area contributed by atoms with Crippen LogP contribution < -0.4 is 5.32 Å². The molecule has 5 rings (SSSR count). The van der Waals surface area contributed by atoms with Crippen molar-refractivity contribution in [2.45, 2.75) is 26.1 Å². The quantitative estimate of drug-likeness (QED) is 0.524. The van der Waals surface area contributed by atoms with Crippen molar-refractivity contribution >= 4 is 22.4 Å². The van der Waals surface area contributed by atoms with Crippen LogP contribution in [0.5, 0.6) is 0 Å². The van der Waals surface area contributed by atoms with E-state index in [-0.39, 0.29) is 0 Å². The van der Waals surface area contributed by atoms with Gasteiger partial charge in [0.15, 0.2) is 5.82 Å². The lowest BCUT2D eigenvalue weighted by Crippen LogP contribution is -2.17. The summed E-state index contributed by atoms with van der Waals surface area (Å²) in [7, 11) is 0. The van der Waals surface area contributed by atoms with Gasteiger partial charge in [0, 0.05) is 28.9 Å². The second kappa shape index (κ2) is 5.40. The molecule has 4 aromatic rings. The Hall–Kier alpha value is -3.19. The van der Waals surface area contributed by atoms with Gasteiger partial charge in [0.05, 0.1) is 29.7 Å². The van der Waals surface area contributed by atoms with Gasteiger partial charge >= 0.3 is 0 Å². The zero-order chi connectivity index (χ0) is 17.7. The van der Waals surface area contributed by atoms with Gasteiger partial charge in [0.1, 0.15) is 11.4 Å². The number of aromatic nitrogens is 5. The van der Waals surface area contributed by atoms with E-state index >= 15 is 0 Å². The molecule has 26 heavy (non-hydrogen) atoms. The standard InChI is InChI=1S/C19H18N6O/c1-19(2)16-13(10-26-19)18(25-17(24-16)11-7-21-22-8-11)23-15-9-20-14-6-4-3-5-12(14)15/h3-9,20H,10H2,1-2H3,(H,21,22)(H,23,24,25). The zero-order valence-electron chi connectivity index (χ0n) is 14.5. The highest BCUT2D eigenvalue weighted by molar-refractivity contribution is 5.94. The molecule has 0 fully saturated rings. The molecule has 0 radical (unpaired) electrons. The smallest absolute Gasteiger partial charge is 0.165 e. The molecule has 7 heteroatoms. The third-order valence-corrected chi connectivity index (χ3v) is 4.75. The molecule has 3 N–H and O–H groups in total. The van der Waals surface area contributed by atoms with E-state index in [1.165, 1.54) is 0 Å². The number of aromatic amines is 2. The molecule has 0 saturated carbocycles. The van der Waals surface area contributed by atoms with E-state index in [1.54, 1.807) is 12.4 Å². The van der Waals surface area contributed by atoms with E-state index in [0.29, 0.717) is 12.4 Å². The number of rotatable bonds is 3. The van der Waals surface area contributed by atoms with Crippen molar-refractivity contribution in [3.63, 3.8) is 0 Å². The van der Waals surface area contributed by atoms with Gasteiger partial charge in [0.25, 0.3) is 0 Å². The number of para-hydroxylation sites is 1. The van der Waals surface area contributed by atoms with Gasteiger partial charge in [-0.15, -0.1) is 0 Å². The van der Waals surface area contributed by atoms with E-state index < -0.39 is 5.60 Å². The first-order valence-electron chi connectivity index (χ1n) is 8.49. The number of ether oxygens (including phenoxy) is 1. The minimum atomic E-state index is -0.451. The number of anilines is 2. The molecule has 0 bridgehead atoms. The largest absolute Gasteiger partial charge is 0.364 e. The van der Waals surface area contributed by atoms with Crippen molar-refractivity contribution in [1.29, 1.82) is 0 Å². The molecule has 0 atom stereocenters. The average molecular weight is 346 g/mol. The fraction of sp³-hybridized carbons (Fsp3) is 0.211. The number of H-pyrrole nitrogens is 2. The monoisotopic (exact) mass is 346 g/mol. The van der Waals surface area contributed by atoms with Crippen LogP contribution in [-0.4, -0.2) is 25.1 Å². The van der Waals surface area contributed by atoms with Crippen molar-refractivity contribution in [2.75, 3.05) is 5.32 Å². The molecule has 1 aromatic carbocycles. The van der Waals surface area contributed by atoms with E-state index in [9.17, 15) is 0 Å². The summed E-state index contributed by atoms with van der Waals surface area (Å²) in [6.45, 7) is 4.54. The first-order chi connectivity index (χ1) is 12.6. The highest BCUT2D eigenvalue weighted by Gasteiger charge is 2.36. The summed E-state index contributed by atoms with van der Waals surface area (Å²) in [6.07, 6.45) is 5.47. The number of hydrogen-bond acceptors (Lipinski definition) is 5. The van der Waals surface area contributed by atoms with Gasteiger partial charge in [-0.05, 0) is 19.9 Å². The lowest BCUT2D eigenvalue weighted by Gasteiger charge is -2.18. The normalized spacial score (nSPS) is 15.3. The summed E-state index contributed by atoms with van der Waals surface area (Å²) in [5.41, 5.74) is 4.35. The van der Waals surface area contributed by atoms with Crippen LogP contribution in [0, 0.1) is 0 Å². The Balaban J connectivity index is 1.66. The maximum absolute atomic E-state index is 5.96. The second-order valence-corrected chi connectivity index (χ2v) is 6.88. The topological polar surface area (TPSA) is 91.5 Å². The first-order valence-corrected chi connectivity index (χ1v) is 8.49. The lowest BCUT2D eigenvalue weighted by atomic mass is 10.0. The minimum Gasteiger partial charge on any atom is -0.364 e. The van der Waals surface area contributed by atoms with Crippen molar-refractivity contribution in [3.8, 4) is 11.4 Å². The highest BCUT2D eigenvalue weighted by Crippen LogP contribution is 2.40. The van der Waals surface area contributed by atoms with Crippen molar-refractivity contribution in [1.82, 2.24) is 25.1 Å². The van der Waals surface area contributed by atoms with Crippen LogP contribution in [0.25, 0.3) is 22.3 Å². The van der Waals surface area contributed by atoms with E-state index in [4.69, 9.17) is 14.7 Å². The maximum Gasteiger partial charge on any atom is 0.165 e. The van der Waals surface area contributed by atoms with Crippen LogP contribution in [0.4, 0.5) is 11.5 Å². The summed E-state index contributed by atoms with van der Waals surface area (Å²) in [6, 6.07) is 8.16. The van der Waals surface area contributed by atoms with Crippen molar-refractivity contribution < 1.29 is 4.74 Å². The molecule has 0 aliphatic carbocycles. The summed E-state index contributed by atoms with van der Waals surface area (Å²) >= 11 is 0. The number of benzene rings is 1. The lowest BCUT2D eigenvalue weighted by molar-refractivity contribution is -0.00995. The Morgan fingerprint density at radius 3 is 2.88 bits per heavy atom. The Morgan fingerprint density at radius 2 is 2.04 bits per heavy atom. The zero-order valence-corrected chi connectivity index (χ0v) is 14.5. The summed E-state index contributed by atoms with van der Waals surface area (Å²) in [4.78, 5) is 12.8. The molecule has 7 nitrogen and oxygen atoms in total. The molecule has 0 amide bonds. The Labute approximate surface area is 149 Å². The molecule has 1 aliphatic rings. The molecule has 1 aliphatic heterocycles. The molecular weight excluding hydrogens is 328 g/mol. The Kier molecular flexibility index (Phi) is 3.14. The molecular formula is C19H18N6O. The van der Waals surface area contributed by atoms with Gasteiger partial charge in [-0.25, -0.2) is 9.97 Å². The third kappa shape index (κ3) is 2.28. The molecule has 130 valence electrons. The summed E-state index contributed by atoms with van der Waals surface area (Å²) in [5.74, 6) is 1.39. The molecule has 0 saturated heterocycles. The SMILES string of the molecule is CC1(C)OCc2c(Nc3c[nH]c4ccccc34)nc(-c3cn[nH]c3)nc21. The molecule has 0 unspecified atom stereocenters. The van der Waals surface area contributed by atoms with E-state index in [2.05, 4.69) is 26.6 Å². The fourth-order valence-corrected chi connectivity index (χ4v) is 3.35. The number of hydrogen-bond donors (Lipinski definition) is 3. The Morgan fingerprint density at radius 1 is 1.15 bits per heavy atom. The van der Waals surface area contributed by atoms with E-state index in [1.807, 2.05) is 38.2 Å². The van der Waals surface area contributed by atoms with Crippen LogP contribution in [0.2, 0.25) is 0 Å². The molecule has 4 heterocycles. The molecule has 0 spiro atoms. The van der Waals surface area contributed by atoms with Crippen LogP contribution in [-0.2, 0) is 16.9 Å². The predicted octanol–water partition coefficient (Wildman–Crippen LogP) is 3.86. The van der Waals surface area contributed by atoms with Gasteiger partial charge in [-0.3, -0.25) is 5.10 Å². The van der Waals surface area contributed by atoms with Gasteiger partial charge in [-0.2, -0.15) is 5.10 Å². The number of nitrogens with zero attached hydrogens (tertiary/aromatic N) is 3. The minimum absolute atomic E-state index is 0.451. The fourth-order valence-electron chi connectivity index (χ4n) is 3.35. The van der Waals surface area contributed by atoms with Gasteiger partial charge in [0.2, 0.25) is 0 Å². The summed E-state index contributed by atoms with van der Waals surface area (Å²) < 4.78 is 5.96. The predicted molar refractivity (Wildman–Crippen MR) is 99.0 cm³/mol. The van der Waals surface area contributed by atoms with Crippen LogP contribution in [0.15, 0.2) is 42.9 Å². The van der Waals surface area contributed by atoms with E-state index in [0.717, 1.165) is 39.2 Å². The van der Waals surface area contributed by atoms with Gasteiger partial charge < -0.3 is 15.0 Å². The highest BCUT2D eigenvalue weighted by atomic mass is 16.5. The first kappa shape index (κ1) is 15.1. The van der Waals surface area contributed by atoms with Crippen LogP contribution in [0.3, 0.4) is 0 Å². The van der Waals surface area contributed by atoms with Crippen LogP contribution in [0.1, 0.15) is 25.1 Å². The summed E-state index contributed by atoms with van der Waals surface area (Å²) in [5, 5.41) is 11.4.